The summed E-state index contributed by atoms with van der Waals surface area (Å²) in [6.07, 6.45) is 7.86. The molecule has 0 bridgehead atoms. The lowest BCUT2D eigenvalue weighted by Crippen LogP contribution is -2.28. The molecule has 2 N–H and O–H groups in total. The molecule has 18 heavy (non-hydrogen) atoms. The molecule has 2 fully saturated rings. The van der Waals surface area contributed by atoms with Gasteiger partial charge in [-0.3, -0.25) is 9.59 Å². The molecule has 0 spiro atoms. The van der Waals surface area contributed by atoms with Crippen molar-refractivity contribution in [3.8, 4) is 0 Å². The molecule has 4 rings (SSSR count). The van der Waals surface area contributed by atoms with E-state index in [4.69, 9.17) is 0 Å². The number of hydrogen-bond acceptors (Lipinski definition) is 2. The Balaban J connectivity index is 1.82. The van der Waals surface area contributed by atoms with E-state index in [-0.39, 0.29) is 47.3 Å². The van der Waals surface area contributed by atoms with Crippen LogP contribution in [0.4, 0.5) is 0 Å². The molecule has 0 radical (unpaired) electrons. The molecule has 2 unspecified atom stereocenters. The molecule has 0 aromatic heterocycles. The van der Waals surface area contributed by atoms with E-state index < -0.39 is 11.9 Å². The first kappa shape index (κ1) is 10.4. The Bertz CT molecular complexity index is 432. The van der Waals surface area contributed by atoms with E-state index in [2.05, 4.69) is 0 Å². The maximum absolute atomic E-state index is 11.4. The predicted molar refractivity (Wildman–Crippen MR) is 61.5 cm³/mol. The fourth-order valence-electron chi connectivity index (χ4n) is 5.17. The van der Waals surface area contributed by atoms with Gasteiger partial charge in [-0.25, -0.2) is 0 Å². The van der Waals surface area contributed by atoms with E-state index in [0.29, 0.717) is 0 Å². The van der Waals surface area contributed by atoms with Gasteiger partial charge in [0.05, 0.1) is 11.8 Å². The van der Waals surface area contributed by atoms with Crippen molar-refractivity contribution >= 4 is 11.9 Å². The van der Waals surface area contributed by atoms with Crippen LogP contribution in [-0.2, 0) is 9.59 Å². The number of rotatable bonds is 2. The lowest BCUT2D eigenvalue weighted by atomic mass is 9.83. The number of aliphatic carboxylic acids is 2. The van der Waals surface area contributed by atoms with E-state index in [9.17, 15) is 19.8 Å². The van der Waals surface area contributed by atoms with Crippen LogP contribution < -0.4 is 0 Å². The van der Waals surface area contributed by atoms with Gasteiger partial charge < -0.3 is 10.2 Å². The van der Waals surface area contributed by atoms with E-state index >= 15 is 0 Å². The summed E-state index contributed by atoms with van der Waals surface area (Å²) >= 11 is 0. The van der Waals surface area contributed by atoms with Crippen LogP contribution in [0.1, 0.15) is 0 Å². The fourth-order valence-corrected chi connectivity index (χ4v) is 5.17. The van der Waals surface area contributed by atoms with E-state index in [1.165, 1.54) is 0 Å². The summed E-state index contributed by atoms with van der Waals surface area (Å²) in [6.45, 7) is 0. The molecule has 0 aliphatic heterocycles. The Morgan fingerprint density at radius 2 is 0.944 bits per heavy atom. The smallest absolute Gasteiger partial charge is 0.307 e. The summed E-state index contributed by atoms with van der Waals surface area (Å²) in [5.41, 5.74) is 0. The Kier molecular flexibility index (Phi) is 1.75. The molecular weight excluding hydrogens is 232 g/mol. The molecule has 4 heteroatoms. The molecular formula is C14H14O4. The Morgan fingerprint density at radius 3 is 1.17 bits per heavy atom. The van der Waals surface area contributed by atoms with Crippen LogP contribution in [0.2, 0.25) is 0 Å². The average molecular weight is 246 g/mol. The molecule has 2 saturated carbocycles. The van der Waals surface area contributed by atoms with Crippen molar-refractivity contribution in [2.24, 2.45) is 47.3 Å². The minimum Gasteiger partial charge on any atom is -0.481 e. The van der Waals surface area contributed by atoms with E-state index in [1.54, 1.807) is 0 Å². The van der Waals surface area contributed by atoms with E-state index in [0.717, 1.165) is 0 Å². The maximum Gasteiger partial charge on any atom is 0.307 e. The van der Waals surface area contributed by atoms with Crippen LogP contribution in [0.5, 0.6) is 0 Å². The fraction of sp³-hybridized carbons (Fsp3) is 0.571. The highest BCUT2D eigenvalue weighted by molar-refractivity contribution is 5.76. The number of allylic oxidation sites excluding steroid dienone is 4. The van der Waals surface area contributed by atoms with Crippen molar-refractivity contribution < 1.29 is 19.8 Å². The first-order chi connectivity index (χ1) is 8.61. The van der Waals surface area contributed by atoms with Crippen LogP contribution in [-0.4, -0.2) is 22.2 Å². The summed E-state index contributed by atoms with van der Waals surface area (Å²) in [4.78, 5) is 22.9. The summed E-state index contributed by atoms with van der Waals surface area (Å²) in [5, 5.41) is 18.8. The van der Waals surface area contributed by atoms with Gasteiger partial charge in [0.1, 0.15) is 0 Å². The summed E-state index contributed by atoms with van der Waals surface area (Å²) in [6, 6.07) is 0. The molecule has 0 heterocycles. The molecule has 0 amide bonds. The average Bonchev–Trinajstić information content (AvgIpc) is 2.95. The third-order valence-corrected chi connectivity index (χ3v) is 5.56. The van der Waals surface area contributed by atoms with Crippen LogP contribution in [0.15, 0.2) is 24.3 Å². The second-order valence-corrected chi connectivity index (χ2v) is 5.96. The first-order valence-electron chi connectivity index (χ1n) is 6.43. The summed E-state index contributed by atoms with van der Waals surface area (Å²) in [7, 11) is 0. The molecule has 4 aliphatic carbocycles. The van der Waals surface area contributed by atoms with Crippen LogP contribution in [0.3, 0.4) is 0 Å². The van der Waals surface area contributed by atoms with Gasteiger partial charge in [-0.1, -0.05) is 24.3 Å². The zero-order chi connectivity index (χ0) is 12.6. The Hall–Kier alpha value is -1.58. The SMILES string of the molecule is O=C(O)C1[C@H]2C=C[C@@H]3C(C(=O)O)[C@@H]4C=C[C@@H]1C4C23. The zero-order valence-electron chi connectivity index (χ0n) is 9.64. The zero-order valence-corrected chi connectivity index (χ0v) is 9.64. The molecule has 6 atom stereocenters. The number of carbonyl (C=O) groups is 2. The highest BCUT2D eigenvalue weighted by Gasteiger charge is 2.67. The minimum absolute atomic E-state index is 0.0410. The molecule has 0 aromatic carbocycles. The van der Waals surface area contributed by atoms with Crippen molar-refractivity contribution in [3.63, 3.8) is 0 Å². The second-order valence-electron chi connectivity index (χ2n) is 5.96. The van der Waals surface area contributed by atoms with Crippen molar-refractivity contribution in [3.05, 3.63) is 24.3 Å². The van der Waals surface area contributed by atoms with Crippen molar-refractivity contribution in [1.29, 1.82) is 0 Å². The van der Waals surface area contributed by atoms with Crippen LogP contribution >= 0.6 is 0 Å². The molecule has 4 aliphatic rings. The molecule has 94 valence electrons. The second kappa shape index (κ2) is 3.05. The van der Waals surface area contributed by atoms with Gasteiger partial charge in [-0.2, -0.15) is 0 Å². The van der Waals surface area contributed by atoms with Gasteiger partial charge >= 0.3 is 11.9 Å². The highest BCUT2D eigenvalue weighted by atomic mass is 16.4. The van der Waals surface area contributed by atoms with Gasteiger partial charge in [-0.05, 0) is 35.5 Å². The van der Waals surface area contributed by atoms with Crippen molar-refractivity contribution in [2.45, 2.75) is 0 Å². The first-order valence-corrected chi connectivity index (χ1v) is 6.43. The molecule has 0 aromatic rings. The van der Waals surface area contributed by atoms with Gasteiger partial charge in [0.15, 0.2) is 0 Å². The lowest BCUT2D eigenvalue weighted by molar-refractivity contribution is -0.144. The predicted octanol–water partition coefficient (Wildman–Crippen LogP) is 1.25. The number of carboxylic acid groups (broad SMARTS) is 2. The van der Waals surface area contributed by atoms with Gasteiger partial charge in [0, 0.05) is 0 Å². The van der Waals surface area contributed by atoms with Crippen molar-refractivity contribution in [2.75, 3.05) is 0 Å². The minimum atomic E-state index is -0.734. The third kappa shape index (κ3) is 0.945. The van der Waals surface area contributed by atoms with Crippen LogP contribution in [0.25, 0.3) is 0 Å². The number of carboxylic acids is 2. The Labute approximate surface area is 104 Å². The normalized spacial score (nSPS) is 54.0. The summed E-state index contributed by atoms with van der Waals surface area (Å²) < 4.78 is 0. The van der Waals surface area contributed by atoms with Crippen molar-refractivity contribution in [1.82, 2.24) is 0 Å². The van der Waals surface area contributed by atoms with Gasteiger partial charge in [0.25, 0.3) is 0 Å². The standard InChI is InChI=1S/C14H14O4/c15-13(16)11-5-1-2-6-9(5)10-7(11)3-4-8(10)12(6)14(17)18/h1-12H,(H,15,16)(H,17,18)/t5-,6-,7+,8+,9?,10?,11?,12?. The third-order valence-electron chi connectivity index (χ3n) is 5.56. The number of hydrogen-bond donors (Lipinski definition) is 2. The topological polar surface area (TPSA) is 74.6 Å². The van der Waals surface area contributed by atoms with Gasteiger partial charge in [0.2, 0.25) is 0 Å². The molecule has 4 nitrogen and oxygen atoms in total. The lowest BCUT2D eigenvalue weighted by Gasteiger charge is -2.19. The van der Waals surface area contributed by atoms with Gasteiger partial charge in [-0.15, -0.1) is 0 Å². The highest BCUT2D eigenvalue weighted by Crippen LogP contribution is 2.67. The maximum atomic E-state index is 11.4. The summed E-state index contributed by atoms with van der Waals surface area (Å²) in [5.74, 6) is -1.54. The molecule has 0 saturated heterocycles. The largest absolute Gasteiger partial charge is 0.481 e. The van der Waals surface area contributed by atoms with E-state index in [1.807, 2.05) is 24.3 Å². The quantitative estimate of drug-likeness (QED) is 0.719. The van der Waals surface area contributed by atoms with Crippen LogP contribution in [0, 0.1) is 47.3 Å². The monoisotopic (exact) mass is 246 g/mol. The Morgan fingerprint density at radius 1 is 0.667 bits per heavy atom.